The Kier molecular flexibility index (Phi) is 2.99. The van der Waals surface area contributed by atoms with Crippen LogP contribution in [0, 0.1) is 11.8 Å². The van der Waals surface area contributed by atoms with E-state index >= 15 is 0 Å². The van der Waals surface area contributed by atoms with Crippen LogP contribution in [0.3, 0.4) is 0 Å². The fraction of sp³-hybridized carbons (Fsp3) is 0.727. The fourth-order valence-electron chi connectivity index (χ4n) is 2.78. The van der Waals surface area contributed by atoms with Gasteiger partial charge in [0.25, 0.3) is 0 Å². The maximum absolute atomic E-state index is 10.1. The van der Waals surface area contributed by atoms with E-state index in [2.05, 4.69) is 4.90 Å². The van der Waals surface area contributed by atoms with Crippen molar-refractivity contribution in [3.05, 3.63) is 12.2 Å². The van der Waals surface area contributed by atoms with Crippen LogP contribution in [0.1, 0.15) is 12.8 Å². The maximum atomic E-state index is 10.1. The molecule has 2 unspecified atom stereocenters. The third kappa shape index (κ3) is 2.04. The smallest absolute Gasteiger partial charge is 0.142 e. The number of carbonyl (C=O) groups is 1. The van der Waals surface area contributed by atoms with Gasteiger partial charge in [-0.25, -0.2) is 0 Å². The Bertz CT molecular complexity index is 225. The van der Waals surface area contributed by atoms with E-state index in [4.69, 9.17) is 0 Å². The van der Waals surface area contributed by atoms with Crippen LogP contribution in [0.5, 0.6) is 0 Å². The molecule has 3 nitrogen and oxygen atoms in total. The van der Waals surface area contributed by atoms with E-state index in [1.165, 1.54) is 0 Å². The molecule has 1 N–H and O–H groups in total. The minimum atomic E-state index is -0.0577. The van der Waals surface area contributed by atoms with Crippen LogP contribution in [0.15, 0.2) is 12.2 Å². The molecule has 1 aliphatic heterocycles. The van der Waals surface area contributed by atoms with Crippen molar-refractivity contribution >= 4 is 6.29 Å². The van der Waals surface area contributed by atoms with Crippen LogP contribution in [-0.4, -0.2) is 42.0 Å². The minimum Gasteiger partial charge on any atom is -0.393 e. The number of hydrogen-bond acceptors (Lipinski definition) is 3. The molecule has 3 heteroatoms. The number of carbonyl (C=O) groups excluding carboxylic acids is 1. The molecule has 0 amide bonds. The second-order valence-electron chi connectivity index (χ2n) is 4.43. The van der Waals surface area contributed by atoms with Gasteiger partial charge in [0.1, 0.15) is 6.29 Å². The van der Waals surface area contributed by atoms with Gasteiger partial charge in [-0.2, -0.15) is 0 Å². The summed E-state index contributed by atoms with van der Waals surface area (Å²) in [7, 11) is 0. The quantitative estimate of drug-likeness (QED) is 0.525. The van der Waals surface area contributed by atoms with Gasteiger partial charge in [-0.1, -0.05) is 6.08 Å². The lowest BCUT2D eigenvalue weighted by Gasteiger charge is -2.14. The summed E-state index contributed by atoms with van der Waals surface area (Å²) in [4.78, 5) is 12.4. The summed E-state index contributed by atoms with van der Waals surface area (Å²) in [6.07, 6.45) is 6.17. The summed E-state index contributed by atoms with van der Waals surface area (Å²) < 4.78 is 0. The SMILES string of the molecule is O=C/C=C/CN1CC2CC(O)CC2C1. The third-order valence-electron chi connectivity index (χ3n) is 3.38. The van der Waals surface area contributed by atoms with Crippen LogP contribution < -0.4 is 0 Å². The van der Waals surface area contributed by atoms with Crippen molar-refractivity contribution in [3.8, 4) is 0 Å². The molecule has 2 fully saturated rings. The fourth-order valence-corrected chi connectivity index (χ4v) is 2.78. The molecule has 0 spiro atoms. The van der Waals surface area contributed by atoms with E-state index in [0.717, 1.165) is 38.8 Å². The van der Waals surface area contributed by atoms with Crippen LogP contribution >= 0.6 is 0 Å². The summed E-state index contributed by atoms with van der Waals surface area (Å²) in [5, 5.41) is 9.46. The van der Waals surface area contributed by atoms with Gasteiger partial charge >= 0.3 is 0 Å². The first kappa shape index (κ1) is 9.87. The first-order valence-corrected chi connectivity index (χ1v) is 5.30. The van der Waals surface area contributed by atoms with Gasteiger partial charge in [0.05, 0.1) is 6.10 Å². The van der Waals surface area contributed by atoms with E-state index in [0.29, 0.717) is 11.8 Å². The lowest BCUT2D eigenvalue weighted by Crippen LogP contribution is -2.23. The normalized spacial score (nSPS) is 37.9. The highest BCUT2D eigenvalue weighted by Crippen LogP contribution is 2.37. The summed E-state index contributed by atoms with van der Waals surface area (Å²) in [6, 6.07) is 0. The maximum Gasteiger partial charge on any atom is 0.142 e. The predicted octanol–water partition coefficient (Wildman–Crippen LogP) is 0.444. The van der Waals surface area contributed by atoms with Gasteiger partial charge < -0.3 is 5.11 Å². The number of likely N-dealkylation sites (tertiary alicyclic amines) is 1. The van der Waals surface area contributed by atoms with Crippen molar-refractivity contribution in [1.29, 1.82) is 0 Å². The first-order chi connectivity index (χ1) is 6.79. The molecule has 0 aromatic heterocycles. The molecule has 0 radical (unpaired) electrons. The average molecular weight is 195 g/mol. The molecule has 1 heterocycles. The van der Waals surface area contributed by atoms with Crippen molar-refractivity contribution < 1.29 is 9.90 Å². The second kappa shape index (κ2) is 4.24. The molecule has 2 rings (SSSR count). The topological polar surface area (TPSA) is 40.5 Å². The second-order valence-corrected chi connectivity index (χ2v) is 4.43. The molecular formula is C11H17NO2. The molecule has 14 heavy (non-hydrogen) atoms. The van der Waals surface area contributed by atoms with Gasteiger partial charge in [0.15, 0.2) is 0 Å². The van der Waals surface area contributed by atoms with E-state index in [1.807, 2.05) is 6.08 Å². The Hall–Kier alpha value is -0.670. The molecule has 0 aromatic carbocycles. The zero-order chi connectivity index (χ0) is 9.97. The van der Waals surface area contributed by atoms with Crippen molar-refractivity contribution in [2.75, 3.05) is 19.6 Å². The number of aliphatic hydroxyl groups is 1. The standard InChI is InChI=1S/C11H17NO2/c13-4-2-1-3-12-7-9-5-11(14)6-10(9)8-12/h1-2,4,9-11,14H,3,5-8H2/b2-1+. The molecule has 78 valence electrons. The van der Waals surface area contributed by atoms with Crippen molar-refractivity contribution in [2.24, 2.45) is 11.8 Å². The van der Waals surface area contributed by atoms with Crippen LogP contribution in [0.4, 0.5) is 0 Å². The largest absolute Gasteiger partial charge is 0.393 e. The van der Waals surface area contributed by atoms with Gasteiger partial charge in [0, 0.05) is 19.6 Å². The molecule has 0 aromatic rings. The lowest BCUT2D eigenvalue weighted by atomic mass is 10.0. The molecular weight excluding hydrogens is 178 g/mol. The lowest BCUT2D eigenvalue weighted by molar-refractivity contribution is -0.104. The summed E-state index contributed by atoms with van der Waals surface area (Å²) in [5.74, 6) is 1.38. The number of hydrogen-bond donors (Lipinski definition) is 1. The molecule has 1 aliphatic carbocycles. The summed E-state index contributed by atoms with van der Waals surface area (Å²) in [6.45, 7) is 3.05. The Morgan fingerprint density at radius 1 is 1.29 bits per heavy atom. The van der Waals surface area contributed by atoms with Gasteiger partial charge in [-0.15, -0.1) is 0 Å². The van der Waals surface area contributed by atoms with E-state index < -0.39 is 0 Å². The monoisotopic (exact) mass is 195 g/mol. The van der Waals surface area contributed by atoms with E-state index in [9.17, 15) is 9.90 Å². The first-order valence-electron chi connectivity index (χ1n) is 5.30. The highest BCUT2D eigenvalue weighted by Gasteiger charge is 2.39. The number of fused-ring (bicyclic) bond motifs is 1. The number of aliphatic hydroxyl groups excluding tert-OH is 1. The zero-order valence-electron chi connectivity index (χ0n) is 8.30. The molecule has 1 saturated carbocycles. The minimum absolute atomic E-state index is 0.0577. The Morgan fingerprint density at radius 3 is 2.50 bits per heavy atom. The summed E-state index contributed by atoms with van der Waals surface area (Å²) >= 11 is 0. The van der Waals surface area contributed by atoms with Gasteiger partial charge in [-0.3, -0.25) is 9.69 Å². The van der Waals surface area contributed by atoms with E-state index in [-0.39, 0.29) is 6.10 Å². The van der Waals surface area contributed by atoms with Crippen LogP contribution in [0.2, 0.25) is 0 Å². The molecule has 2 atom stereocenters. The van der Waals surface area contributed by atoms with Crippen LogP contribution in [-0.2, 0) is 4.79 Å². The number of aldehydes is 1. The highest BCUT2D eigenvalue weighted by molar-refractivity contribution is 5.64. The Balaban J connectivity index is 1.79. The average Bonchev–Trinajstić information content (AvgIpc) is 2.61. The Labute approximate surface area is 84.4 Å². The van der Waals surface area contributed by atoms with Gasteiger partial charge in [-0.05, 0) is 30.8 Å². The van der Waals surface area contributed by atoms with Crippen molar-refractivity contribution in [3.63, 3.8) is 0 Å². The highest BCUT2D eigenvalue weighted by atomic mass is 16.3. The van der Waals surface area contributed by atoms with Gasteiger partial charge in [0.2, 0.25) is 0 Å². The van der Waals surface area contributed by atoms with Crippen molar-refractivity contribution in [1.82, 2.24) is 4.90 Å². The van der Waals surface area contributed by atoms with Crippen LogP contribution in [0.25, 0.3) is 0 Å². The number of rotatable bonds is 3. The van der Waals surface area contributed by atoms with Crippen molar-refractivity contribution in [2.45, 2.75) is 18.9 Å². The van der Waals surface area contributed by atoms with E-state index in [1.54, 1.807) is 6.08 Å². The molecule has 2 aliphatic rings. The zero-order valence-corrected chi connectivity index (χ0v) is 8.30. The number of nitrogens with zero attached hydrogens (tertiary/aromatic N) is 1. The molecule has 0 bridgehead atoms. The Morgan fingerprint density at radius 2 is 1.93 bits per heavy atom. The molecule has 1 saturated heterocycles. The summed E-state index contributed by atoms with van der Waals surface area (Å²) in [5.41, 5.74) is 0. The number of allylic oxidation sites excluding steroid dienone is 1. The third-order valence-corrected chi connectivity index (χ3v) is 3.38. The predicted molar refractivity (Wildman–Crippen MR) is 53.9 cm³/mol.